The first kappa shape index (κ1) is 13.8. The first-order chi connectivity index (χ1) is 9.47. The summed E-state index contributed by atoms with van der Waals surface area (Å²) in [6.07, 6.45) is 2.29. The molecule has 106 valence electrons. The molecule has 1 heterocycles. The van der Waals surface area contributed by atoms with E-state index in [4.69, 9.17) is 10.8 Å². The summed E-state index contributed by atoms with van der Waals surface area (Å²) in [6, 6.07) is 6.52. The molecule has 0 unspecified atom stereocenters. The van der Waals surface area contributed by atoms with Crippen molar-refractivity contribution in [1.29, 1.82) is 0 Å². The van der Waals surface area contributed by atoms with Crippen LogP contribution in [0.3, 0.4) is 0 Å². The van der Waals surface area contributed by atoms with Crippen LogP contribution in [-0.4, -0.2) is 16.3 Å². The molecular formula is C16H20BrN3. The summed E-state index contributed by atoms with van der Waals surface area (Å²) in [4.78, 5) is 0. The minimum absolute atomic E-state index is 0.105. The molecular weight excluding hydrogens is 314 g/mol. The van der Waals surface area contributed by atoms with E-state index in [-0.39, 0.29) is 5.41 Å². The third-order valence-corrected chi connectivity index (χ3v) is 5.19. The highest BCUT2D eigenvalue weighted by molar-refractivity contribution is 9.10. The predicted molar refractivity (Wildman–Crippen MR) is 85.4 cm³/mol. The van der Waals surface area contributed by atoms with Crippen molar-refractivity contribution in [2.75, 3.05) is 6.54 Å². The fourth-order valence-electron chi connectivity index (χ4n) is 2.83. The Labute approximate surface area is 128 Å². The summed E-state index contributed by atoms with van der Waals surface area (Å²) in [6.45, 7) is 7.01. The molecule has 1 aliphatic rings. The second-order valence-electron chi connectivity index (χ2n) is 5.99. The summed E-state index contributed by atoms with van der Waals surface area (Å²) >= 11 is 3.71. The van der Waals surface area contributed by atoms with Crippen molar-refractivity contribution in [3.8, 4) is 5.69 Å². The number of halogens is 1. The van der Waals surface area contributed by atoms with E-state index < -0.39 is 0 Å². The van der Waals surface area contributed by atoms with Crippen molar-refractivity contribution in [3.63, 3.8) is 0 Å². The van der Waals surface area contributed by atoms with Gasteiger partial charge in [-0.1, -0.05) is 6.07 Å². The number of benzene rings is 1. The first-order valence-electron chi connectivity index (χ1n) is 7.01. The molecule has 0 bridgehead atoms. The zero-order valence-electron chi connectivity index (χ0n) is 12.2. The van der Waals surface area contributed by atoms with Gasteiger partial charge in [-0.15, -0.1) is 0 Å². The van der Waals surface area contributed by atoms with Crippen molar-refractivity contribution in [1.82, 2.24) is 9.78 Å². The summed E-state index contributed by atoms with van der Waals surface area (Å²) in [7, 11) is 0. The van der Waals surface area contributed by atoms with E-state index >= 15 is 0 Å². The van der Waals surface area contributed by atoms with Gasteiger partial charge < -0.3 is 5.73 Å². The molecule has 2 aromatic rings. The molecule has 3 rings (SSSR count). The Morgan fingerprint density at radius 1 is 1.20 bits per heavy atom. The predicted octanol–water partition coefficient (Wildman–Crippen LogP) is 3.55. The van der Waals surface area contributed by atoms with Gasteiger partial charge in [0.2, 0.25) is 0 Å². The molecule has 1 aromatic heterocycles. The van der Waals surface area contributed by atoms with Gasteiger partial charge in [0.1, 0.15) is 0 Å². The van der Waals surface area contributed by atoms with E-state index in [0.717, 1.165) is 34.4 Å². The molecule has 1 aromatic carbocycles. The normalized spacial score (nSPS) is 16.4. The van der Waals surface area contributed by atoms with Crippen molar-refractivity contribution in [2.45, 2.75) is 39.0 Å². The molecule has 4 heteroatoms. The summed E-state index contributed by atoms with van der Waals surface area (Å²) in [5.41, 5.74) is 12.0. The Morgan fingerprint density at radius 3 is 2.30 bits per heavy atom. The van der Waals surface area contributed by atoms with Crippen LogP contribution in [-0.2, 0) is 5.41 Å². The zero-order valence-corrected chi connectivity index (χ0v) is 13.8. The standard InChI is InChI=1S/C16H20BrN3/c1-10-6-11(2)8-13(7-10)20-12(3)14(17)15(19-20)16(9-18)4-5-16/h6-8H,4-5,9,18H2,1-3H3. The molecule has 0 amide bonds. The fourth-order valence-corrected chi connectivity index (χ4v) is 3.50. The molecule has 1 saturated carbocycles. The minimum atomic E-state index is 0.105. The third kappa shape index (κ3) is 2.11. The van der Waals surface area contributed by atoms with E-state index in [1.54, 1.807) is 0 Å². The maximum absolute atomic E-state index is 5.95. The lowest BCUT2D eigenvalue weighted by molar-refractivity contribution is 0.658. The molecule has 1 fully saturated rings. The Hall–Kier alpha value is -1.13. The fraction of sp³-hybridized carbons (Fsp3) is 0.438. The SMILES string of the molecule is Cc1cc(C)cc(-n2nc(C3(CN)CC3)c(Br)c2C)c1. The molecule has 20 heavy (non-hydrogen) atoms. The average molecular weight is 334 g/mol. The van der Waals surface area contributed by atoms with Gasteiger partial charge in [-0.05, 0) is 72.8 Å². The van der Waals surface area contributed by atoms with E-state index in [1.807, 2.05) is 4.68 Å². The van der Waals surface area contributed by atoms with Crippen LogP contribution in [0.2, 0.25) is 0 Å². The Morgan fingerprint density at radius 2 is 1.80 bits per heavy atom. The molecule has 0 radical (unpaired) electrons. The monoisotopic (exact) mass is 333 g/mol. The van der Waals surface area contributed by atoms with Gasteiger partial charge in [-0.3, -0.25) is 0 Å². The van der Waals surface area contributed by atoms with Gasteiger partial charge in [0, 0.05) is 12.0 Å². The third-order valence-electron chi connectivity index (χ3n) is 4.24. The van der Waals surface area contributed by atoms with E-state index in [1.165, 1.54) is 11.1 Å². The second kappa shape index (κ2) is 4.71. The van der Waals surface area contributed by atoms with Crippen molar-refractivity contribution in [2.24, 2.45) is 5.73 Å². The van der Waals surface area contributed by atoms with Gasteiger partial charge in [0.15, 0.2) is 0 Å². The highest BCUT2D eigenvalue weighted by Crippen LogP contribution is 2.49. The molecule has 3 nitrogen and oxygen atoms in total. The lowest BCUT2D eigenvalue weighted by Gasteiger charge is -2.09. The van der Waals surface area contributed by atoms with Crippen molar-refractivity contribution >= 4 is 15.9 Å². The van der Waals surface area contributed by atoms with E-state index in [0.29, 0.717) is 6.54 Å². The van der Waals surface area contributed by atoms with Crippen LogP contribution in [0, 0.1) is 20.8 Å². The smallest absolute Gasteiger partial charge is 0.0848 e. The van der Waals surface area contributed by atoms with Crippen molar-refractivity contribution < 1.29 is 0 Å². The number of rotatable bonds is 3. The highest BCUT2D eigenvalue weighted by atomic mass is 79.9. The van der Waals surface area contributed by atoms with Gasteiger partial charge in [0.25, 0.3) is 0 Å². The molecule has 2 N–H and O–H groups in total. The van der Waals surface area contributed by atoms with Crippen LogP contribution in [0.15, 0.2) is 22.7 Å². The van der Waals surface area contributed by atoms with Gasteiger partial charge in [-0.25, -0.2) is 4.68 Å². The number of aryl methyl sites for hydroxylation is 2. The molecule has 0 atom stereocenters. The van der Waals surface area contributed by atoms with Crippen LogP contribution in [0.5, 0.6) is 0 Å². The topological polar surface area (TPSA) is 43.8 Å². The Balaban J connectivity index is 2.13. The van der Waals surface area contributed by atoms with Crippen LogP contribution in [0.25, 0.3) is 5.69 Å². The number of aromatic nitrogens is 2. The van der Waals surface area contributed by atoms with E-state index in [9.17, 15) is 0 Å². The highest BCUT2D eigenvalue weighted by Gasteiger charge is 2.47. The average Bonchev–Trinajstić information content (AvgIpc) is 3.12. The van der Waals surface area contributed by atoms with E-state index in [2.05, 4.69) is 54.9 Å². The maximum atomic E-state index is 5.95. The summed E-state index contributed by atoms with van der Waals surface area (Å²) < 4.78 is 3.15. The van der Waals surface area contributed by atoms with Gasteiger partial charge >= 0.3 is 0 Å². The second-order valence-corrected chi connectivity index (χ2v) is 6.78. The number of hydrogen-bond donors (Lipinski definition) is 1. The van der Waals surface area contributed by atoms with Crippen LogP contribution in [0.4, 0.5) is 0 Å². The largest absolute Gasteiger partial charge is 0.330 e. The number of nitrogens with two attached hydrogens (primary N) is 1. The minimum Gasteiger partial charge on any atom is -0.330 e. The first-order valence-corrected chi connectivity index (χ1v) is 7.80. The lowest BCUT2D eigenvalue weighted by Crippen LogP contribution is -2.21. The van der Waals surface area contributed by atoms with Crippen LogP contribution >= 0.6 is 15.9 Å². The van der Waals surface area contributed by atoms with Crippen LogP contribution in [0.1, 0.15) is 35.4 Å². The molecule has 0 aliphatic heterocycles. The van der Waals surface area contributed by atoms with Crippen molar-refractivity contribution in [3.05, 3.63) is 45.2 Å². The zero-order chi connectivity index (χ0) is 14.5. The Kier molecular flexibility index (Phi) is 3.26. The van der Waals surface area contributed by atoms with Gasteiger partial charge in [-0.2, -0.15) is 5.10 Å². The number of hydrogen-bond acceptors (Lipinski definition) is 2. The number of nitrogens with zero attached hydrogens (tertiary/aromatic N) is 2. The summed E-state index contributed by atoms with van der Waals surface area (Å²) in [5.74, 6) is 0. The molecule has 1 aliphatic carbocycles. The Bertz CT molecular complexity index is 648. The lowest BCUT2D eigenvalue weighted by atomic mass is 10.0. The van der Waals surface area contributed by atoms with Gasteiger partial charge in [0.05, 0.1) is 21.5 Å². The quantitative estimate of drug-likeness (QED) is 0.933. The summed E-state index contributed by atoms with van der Waals surface area (Å²) in [5, 5.41) is 4.86. The maximum Gasteiger partial charge on any atom is 0.0848 e. The van der Waals surface area contributed by atoms with Crippen LogP contribution < -0.4 is 5.73 Å². The molecule has 0 spiro atoms. The molecule has 0 saturated heterocycles.